The molecule has 1 unspecified atom stereocenters. The highest BCUT2D eigenvalue weighted by Gasteiger charge is 2.34. The van der Waals surface area contributed by atoms with Crippen LogP contribution in [0.4, 0.5) is 5.69 Å². The van der Waals surface area contributed by atoms with E-state index in [1.165, 1.54) is 29.2 Å². The molecule has 0 spiro atoms. The van der Waals surface area contributed by atoms with Gasteiger partial charge in [0.15, 0.2) is 0 Å². The van der Waals surface area contributed by atoms with E-state index in [4.69, 9.17) is 16.3 Å². The molecule has 0 saturated heterocycles. The third kappa shape index (κ3) is 8.24. The number of ether oxygens (including phenoxy) is 1. The van der Waals surface area contributed by atoms with Crippen LogP contribution in [0.3, 0.4) is 0 Å². The third-order valence-corrected chi connectivity index (χ3v) is 8.58. The highest BCUT2D eigenvalue weighted by molar-refractivity contribution is 7.92. The molecule has 0 aliphatic rings. The van der Waals surface area contributed by atoms with Gasteiger partial charge in [0.25, 0.3) is 10.0 Å². The number of benzene rings is 3. The zero-order chi connectivity index (χ0) is 30.2. The molecule has 0 aromatic heterocycles. The van der Waals surface area contributed by atoms with E-state index in [1.54, 1.807) is 24.3 Å². The Hall–Kier alpha value is -3.56. The van der Waals surface area contributed by atoms with Gasteiger partial charge in [-0.1, -0.05) is 42.8 Å². The Labute approximate surface area is 248 Å². The summed E-state index contributed by atoms with van der Waals surface area (Å²) in [6.07, 6.45) is 0.350. The Morgan fingerprint density at radius 1 is 0.951 bits per heavy atom. The maximum absolute atomic E-state index is 14.1. The quantitative estimate of drug-likeness (QED) is 0.277. The van der Waals surface area contributed by atoms with Crippen LogP contribution in [0, 0.1) is 6.92 Å². The molecule has 220 valence electrons. The largest absolute Gasteiger partial charge is 0.494 e. The smallest absolute Gasteiger partial charge is 0.264 e. The second kappa shape index (κ2) is 14.4. The zero-order valence-corrected chi connectivity index (χ0v) is 25.7. The third-order valence-electron chi connectivity index (χ3n) is 6.54. The molecule has 0 heterocycles. The molecule has 0 aliphatic carbocycles. The lowest BCUT2D eigenvalue weighted by molar-refractivity contribution is -0.140. The number of aryl methyl sites for hydroxylation is 1. The molecule has 3 aromatic rings. The van der Waals surface area contributed by atoms with Crippen LogP contribution in [0.25, 0.3) is 0 Å². The monoisotopic (exact) mass is 599 g/mol. The number of halogens is 1. The average Bonchev–Trinajstić information content (AvgIpc) is 2.93. The van der Waals surface area contributed by atoms with Gasteiger partial charge < -0.3 is 15.0 Å². The summed E-state index contributed by atoms with van der Waals surface area (Å²) in [5.74, 6) is -0.230. The number of carbonyl (C=O) groups is 2. The van der Waals surface area contributed by atoms with E-state index in [0.29, 0.717) is 23.8 Å². The Balaban J connectivity index is 2.07. The van der Waals surface area contributed by atoms with Crippen LogP contribution in [-0.4, -0.2) is 50.4 Å². The summed E-state index contributed by atoms with van der Waals surface area (Å²) in [7, 11) is -4.19. The number of nitrogens with one attached hydrogen (secondary N) is 1. The predicted molar refractivity (Wildman–Crippen MR) is 163 cm³/mol. The number of nitrogens with zero attached hydrogens (tertiary/aromatic N) is 2. The lowest BCUT2D eigenvalue weighted by Crippen LogP contribution is -2.53. The second-order valence-corrected chi connectivity index (χ2v) is 12.2. The van der Waals surface area contributed by atoms with Crippen LogP contribution in [0.5, 0.6) is 5.75 Å². The fourth-order valence-corrected chi connectivity index (χ4v) is 5.95. The van der Waals surface area contributed by atoms with Crippen LogP contribution in [0.2, 0.25) is 5.02 Å². The van der Waals surface area contributed by atoms with Crippen molar-refractivity contribution in [3.63, 3.8) is 0 Å². The van der Waals surface area contributed by atoms with Gasteiger partial charge in [0.1, 0.15) is 18.3 Å². The van der Waals surface area contributed by atoms with Crippen LogP contribution in [0.15, 0.2) is 77.7 Å². The van der Waals surface area contributed by atoms with Gasteiger partial charge >= 0.3 is 0 Å². The van der Waals surface area contributed by atoms with Gasteiger partial charge in [0.2, 0.25) is 11.8 Å². The van der Waals surface area contributed by atoms with E-state index < -0.39 is 28.5 Å². The number of hydrogen-bond acceptors (Lipinski definition) is 5. The number of amides is 2. The van der Waals surface area contributed by atoms with Gasteiger partial charge in [-0.15, -0.1) is 0 Å². The molecule has 3 aromatic carbocycles. The molecular formula is C31H38ClN3O5S. The van der Waals surface area contributed by atoms with Gasteiger partial charge in [-0.2, -0.15) is 0 Å². The molecule has 0 fully saturated rings. The first-order valence-electron chi connectivity index (χ1n) is 13.6. The van der Waals surface area contributed by atoms with Crippen LogP contribution < -0.4 is 14.4 Å². The van der Waals surface area contributed by atoms with Crippen molar-refractivity contribution >= 4 is 39.1 Å². The number of rotatable bonds is 13. The van der Waals surface area contributed by atoms with Crippen molar-refractivity contribution in [2.24, 2.45) is 0 Å². The van der Waals surface area contributed by atoms with Crippen LogP contribution >= 0.6 is 11.6 Å². The van der Waals surface area contributed by atoms with E-state index >= 15 is 0 Å². The summed E-state index contributed by atoms with van der Waals surface area (Å²) in [4.78, 5) is 28.8. The van der Waals surface area contributed by atoms with Crippen molar-refractivity contribution in [3.8, 4) is 5.75 Å². The molecule has 8 nitrogen and oxygen atoms in total. The molecule has 0 bridgehead atoms. The maximum Gasteiger partial charge on any atom is 0.264 e. The first-order chi connectivity index (χ1) is 19.5. The minimum Gasteiger partial charge on any atom is -0.494 e. The summed E-state index contributed by atoms with van der Waals surface area (Å²) in [6, 6.07) is 19.0. The van der Waals surface area contributed by atoms with Gasteiger partial charge in [-0.25, -0.2) is 8.42 Å². The zero-order valence-electron chi connectivity index (χ0n) is 24.1. The molecular weight excluding hydrogens is 562 g/mol. The lowest BCUT2D eigenvalue weighted by Gasteiger charge is -2.34. The SMILES string of the molecule is CCOc1ccc(N(CC(=O)N(Cc2ccccc2C)C(CC)C(=O)NC(C)C)S(=O)(=O)c2ccc(Cl)cc2)cc1. The Kier molecular flexibility index (Phi) is 11.2. The highest BCUT2D eigenvalue weighted by atomic mass is 35.5. The first kappa shape index (κ1) is 32.0. The molecule has 0 radical (unpaired) electrons. The van der Waals surface area contributed by atoms with E-state index in [9.17, 15) is 18.0 Å². The van der Waals surface area contributed by atoms with E-state index in [0.717, 1.165) is 15.4 Å². The number of anilines is 1. The van der Waals surface area contributed by atoms with E-state index in [-0.39, 0.29) is 29.1 Å². The number of sulfonamides is 1. The van der Waals surface area contributed by atoms with E-state index in [1.807, 2.05) is 58.9 Å². The minimum atomic E-state index is -4.19. The van der Waals surface area contributed by atoms with Gasteiger partial charge in [0.05, 0.1) is 17.2 Å². The first-order valence-corrected chi connectivity index (χ1v) is 15.4. The summed E-state index contributed by atoms with van der Waals surface area (Å²) >= 11 is 6.02. The van der Waals surface area contributed by atoms with Gasteiger partial charge in [-0.3, -0.25) is 13.9 Å². The van der Waals surface area contributed by atoms with Gasteiger partial charge in [0, 0.05) is 17.6 Å². The fraction of sp³-hybridized carbons (Fsp3) is 0.355. The maximum atomic E-state index is 14.1. The minimum absolute atomic E-state index is 0.0152. The van der Waals surface area contributed by atoms with Crippen molar-refractivity contribution in [2.45, 2.75) is 64.6 Å². The lowest BCUT2D eigenvalue weighted by atomic mass is 10.1. The van der Waals surface area contributed by atoms with Gasteiger partial charge in [-0.05, 0) is 93.8 Å². The molecule has 2 amide bonds. The predicted octanol–water partition coefficient (Wildman–Crippen LogP) is 5.57. The Morgan fingerprint density at radius 2 is 1.59 bits per heavy atom. The second-order valence-electron chi connectivity index (χ2n) is 9.93. The fourth-order valence-electron chi connectivity index (χ4n) is 4.41. The van der Waals surface area contributed by atoms with Crippen molar-refractivity contribution in [1.82, 2.24) is 10.2 Å². The average molecular weight is 600 g/mol. The van der Waals surface area contributed by atoms with E-state index in [2.05, 4.69) is 5.32 Å². The Morgan fingerprint density at radius 3 is 2.15 bits per heavy atom. The van der Waals surface area contributed by atoms with Crippen LogP contribution in [0.1, 0.15) is 45.2 Å². The topological polar surface area (TPSA) is 96.0 Å². The normalized spacial score (nSPS) is 12.1. The summed E-state index contributed by atoms with van der Waals surface area (Å²) in [5.41, 5.74) is 2.11. The molecule has 1 atom stereocenters. The van der Waals surface area contributed by atoms with Crippen molar-refractivity contribution in [3.05, 3.63) is 88.9 Å². The standard InChI is InChI=1S/C31H38ClN3O5S/c1-6-29(31(37)33-22(3)4)34(20-24-11-9-8-10-23(24)5)30(36)21-35(26-14-16-27(17-15-26)40-7-2)41(38,39)28-18-12-25(32)13-19-28/h8-19,22,29H,6-7,20-21H2,1-5H3,(H,33,37). The molecule has 3 rings (SSSR count). The molecule has 0 saturated carbocycles. The highest BCUT2D eigenvalue weighted by Crippen LogP contribution is 2.27. The molecule has 1 N–H and O–H groups in total. The Bertz CT molecular complexity index is 1430. The summed E-state index contributed by atoms with van der Waals surface area (Å²) < 4.78 is 34.5. The number of hydrogen-bond donors (Lipinski definition) is 1. The van der Waals surface area contributed by atoms with Crippen molar-refractivity contribution < 1.29 is 22.7 Å². The molecule has 41 heavy (non-hydrogen) atoms. The summed E-state index contributed by atoms with van der Waals surface area (Å²) in [6.45, 7) is 9.41. The summed E-state index contributed by atoms with van der Waals surface area (Å²) in [5, 5.41) is 3.29. The number of carbonyl (C=O) groups excluding carboxylic acids is 2. The van der Waals surface area contributed by atoms with Crippen molar-refractivity contribution in [2.75, 3.05) is 17.5 Å². The molecule has 0 aliphatic heterocycles. The van der Waals surface area contributed by atoms with Crippen molar-refractivity contribution in [1.29, 1.82) is 0 Å². The molecule has 10 heteroatoms. The van der Waals surface area contributed by atoms with Crippen LogP contribution in [-0.2, 0) is 26.2 Å².